The molecule has 2 rings (SSSR count). The second-order valence-corrected chi connectivity index (χ2v) is 4.60. The molecular weight excluding hydrogens is 214 g/mol. The predicted molar refractivity (Wildman–Crippen MR) is 66.0 cm³/mol. The van der Waals surface area contributed by atoms with Crippen molar-refractivity contribution in [2.45, 2.75) is 38.1 Å². The fourth-order valence-electron chi connectivity index (χ4n) is 2.78. The summed E-state index contributed by atoms with van der Waals surface area (Å²) in [4.78, 5) is 14.8. The number of carbonyl (C=O) groups excluding carboxylic acids is 1. The van der Waals surface area contributed by atoms with Crippen molar-refractivity contribution in [2.24, 2.45) is 4.99 Å². The van der Waals surface area contributed by atoms with Crippen molar-refractivity contribution in [3.05, 3.63) is 29.3 Å². The molecule has 1 aromatic carbocycles. The molecule has 0 heterocycles. The molecule has 1 aliphatic rings. The van der Waals surface area contributed by atoms with Crippen LogP contribution in [0.1, 0.15) is 36.8 Å². The minimum atomic E-state index is -0.404. The van der Waals surface area contributed by atoms with Gasteiger partial charge in [0.2, 0.25) is 6.08 Å². The van der Waals surface area contributed by atoms with Crippen molar-refractivity contribution in [1.82, 2.24) is 0 Å². The summed E-state index contributed by atoms with van der Waals surface area (Å²) >= 11 is 0. The molecule has 90 valence electrons. The van der Waals surface area contributed by atoms with Crippen LogP contribution in [-0.4, -0.2) is 13.2 Å². The van der Waals surface area contributed by atoms with Crippen LogP contribution in [0.4, 0.5) is 0 Å². The number of benzene rings is 1. The number of methoxy groups -OCH3 is 1. The molecule has 0 amide bonds. The second-order valence-electron chi connectivity index (χ2n) is 4.60. The van der Waals surface area contributed by atoms with Crippen LogP contribution < -0.4 is 4.74 Å². The Bertz CT molecular complexity index is 455. The largest absolute Gasteiger partial charge is 0.496 e. The van der Waals surface area contributed by atoms with E-state index in [9.17, 15) is 4.79 Å². The summed E-state index contributed by atoms with van der Waals surface area (Å²) < 4.78 is 5.47. The molecule has 3 nitrogen and oxygen atoms in total. The van der Waals surface area contributed by atoms with Crippen LogP contribution in [0, 0.1) is 6.92 Å². The summed E-state index contributed by atoms with van der Waals surface area (Å²) in [6, 6.07) is 6.02. The Kier molecular flexibility index (Phi) is 3.30. The van der Waals surface area contributed by atoms with Gasteiger partial charge in [0.25, 0.3) is 0 Å². The minimum Gasteiger partial charge on any atom is -0.496 e. The summed E-state index contributed by atoms with van der Waals surface area (Å²) in [6.07, 6.45) is 5.75. The zero-order valence-electron chi connectivity index (χ0n) is 10.3. The molecule has 1 saturated carbocycles. The van der Waals surface area contributed by atoms with Gasteiger partial charge in [-0.1, -0.05) is 31.0 Å². The molecule has 0 N–H and O–H groups in total. The number of aryl methyl sites for hydroxylation is 1. The third kappa shape index (κ3) is 1.98. The SMILES string of the molecule is COc1c(C)cccc1C1(N=C=O)CCCC1. The van der Waals surface area contributed by atoms with Gasteiger partial charge in [0, 0.05) is 5.56 Å². The summed E-state index contributed by atoms with van der Waals surface area (Å²) in [5.41, 5.74) is 1.71. The summed E-state index contributed by atoms with van der Waals surface area (Å²) in [6.45, 7) is 2.01. The van der Waals surface area contributed by atoms with E-state index in [1.807, 2.05) is 25.1 Å². The van der Waals surface area contributed by atoms with Crippen molar-refractivity contribution in [2.75, 3.05) is 7.11 Å². The molecule has 1 aliphatic carbocycles. The normalized spacial score (nSPS) is 17.5. The Morgan fingerprint density at radius 2 is 2.06 bits per heavy atom. The van der Waals surface area contributed by atoms with Crippen LogP contribution in [0.25, 0.3) is 0 Å². The van der Waals surface area contributed by atoms with Gasteiger partial charge in [-0.25, -0.2) is 4.79 Å². The highest BCUT2D eigenvalue weighted by molar-refractivity contribution is 5.48. The summed E-state index contributed by atoms with van der Waals surface area (Å²) in [5, 5.41) is 0. The maximum absolute atomic E-state index is 10.7. The number of para-hydroxylation sites is 1. The van der Waals surface area contributed by atoms with Gasteiger partial charge in [-0.2, -0.15) is 4.99 Å². The van der Waals surface area contributed by atoms with Crippen LogP contribution in [0.2, 0.25) is 0 Å². The topological polar surface area (TPSA) is 38.7 Å². The Morgan fingerprint density at radius 3 is 2.65 bits per heavy atom. The molecule has 0 unspecified atom stereocenters. The van der Waals surface area contributed by atoms with Crippen LogP contribution in [0.15, 0.2) is 23.2 Å². The average molecular weight is 231 g/mol. The number of hydrogen-bond donors (Lipinski definition) is 0. The average Bonchev–Trinajstić information content (AvgIpc) is 2.79. The summed E-state index contributed by atoms with van der Waals surface area (Å²) in [7, 11) is 1.67. The van der Waals surface area contributed by atoms with Gasteiger partial charge in [-0.3, -0.25) is 0 Å². The lowest BCUT2D eigenvalue weighted by molar-refractivity contribution is 0.377. The number of nitrogens with zero attached hydrogens (tertiary/aromatic N) is 1. The molecule has 0 bridgehead atoms. The van der Waals surface area contributed by atoms with Crippen molar-refractivity contribution in [3.63, 3.8) is 0 Å². The van der Waals surface area contributed by atoms with Gasteiger partial charge >= 0.3 is 0 Å². The fourth-order valence-corrected chi connectivity index (χ4v) is 2.78. The lowest BCUT2D eigenvalue weighted by Gasteiger charge is -2.25. The number of aliphatic imine (C=N–C) groups is 1. The molecule has 0 aromatic heterocycles. The quantitative estimate of drug-likeness (QED) is 0.592. The van der Waals surface area contributed by atoms with E-state index in [4.69, 9.17) is 4.74 Å². The lowest BCUT2D eigenvalue weighted by Crippen LogP contribution is -2.20. The molecule has 3 heteroatoms. The van der Waals surface area contributed by atoms with Gasteiger partial charge in [-0.15, -0.1) is 0 Å². The highest BCUT2D eigenvalue weighted by Crippen LogP contribution is 2.46. The molecule has 1 fully saturated rings. The smallest absolute Gasteiger partial charge is 0.235 e. The van der Waals surface area contributed by atoms with E-state index in [2.05, 4.69) is 4.99 Å². The van der Waals surface area contributed by atoms with Gasteiger partial charge in [0.15, 0.2) is 0 Å². The Morgan fingerprint density at radius 1 is 1.35 bits per heavy atom. The molecule has 0 atom stereocenters. The standard InChI is InChI=1S/C14H17NO2/c1-11-6-5-7-12(13(11)17-2)14(15-10-16)8-3-4-9-14/h5-7H,3-4,8-9H2,1-2H3. The number of rotatable bonds is 3. The predicted octanol–water partition coefficient (Wildman–Crippen LogP) is 3.11. The van der Waals surface area contributed by atoms with Crippen LogP contribution in [-0.2, 0) is 10.3 Å². The first-order valence-corrected chi connectivity index (χ1v) is 5.96. The lowest BCUT2D eigenvalue weighted by atomic mass is 9.87. The monoisotopic (exact) mass is 231 g/mol. The number of isocyanates is 1. The zero-order valence-corrected chi connectivity index (χ0v) is 10.3. The highest BCUT2D eigenvalue weighted by Gasteiger charge is 2.38. The Balaban J connectivity index is 2.57. The first-order valence-electron chi connectivity index (χ1n) is 5.96. The second kappa shape index (κ2) is 4.72. The fraction of sp³-hybridized carbons (Fsp3) is 0.500. The molecule has 0 saturated heterocycles. The highest BCUT2D eigenvalue weighted by atomic mass is 16.5. The van der Waals surface area contributed by atoms with Gasteiger partial charge in [0.05, 0.1) is 7.11 Å². The van der Waals surface area contributed by atoms with Gasteiger partial charge in [0.1, 0.15) is 11.3 Å². The molecule has 0 aliphatic heterocycles. The van der Waals surface area contributed by atoms with E-state index in [1.165, 1.54) is 0 Å². The van der Waals surface area contributed by atoms with Crippen molar-refractivity contribution in [1.29, 1.82) is 0 Å². The van der Waals surface area contributed by atoms with E-state index in [1.54, 1.807) is 13.2 Å². The van der Waals surface area contributed by atoms with E-state index < -0.39 is 5.54 Å². The minimum absolute atomic E-state index is 0.404. The zero-order chi connectivity index (χ0) is 12.3. The van der Waals surface area contributed by atoms with Gasteiger partial charge < -0.3 is 4.74 Å². The summed E-state index contributed by atoms with van der Waals surface area (Å²) in [5.74, 6) is 0.855. The molecule has 0 radical (unpaired) electrons. The Hall–Kier alpha value is -1.60. The third-order valence-electron chi connectivity index (χ3n) is 3.61. The molecular formula is C14H17NO2. The Labute approximate surface area is 102 Å². The van der Waals surface area contributed by atoms with Crippen LogP contribution in [0.3, 0.4) is 0 Å². The van der Waals surface area contributed by atoms with Crippen molar-refractivity contribution >= 4 is 6.08 Å². The first-order chi connectivity index (χ1) is 8.23. The maximum atomic E-state index is 10.7. The molecule has 1 aromatic rings. The van der Waals surface area contributed by atoms with E-state index >= 15 is 0 Å². The van der Waals surface area contributed by atoms with E-state index in [0.717, 1.165) is 42.6 Å². The third-order valence-corrected chi connectivity index (χ3v) is 3.61. The van der Waals surface area contributed by atoms with Crippen LogP contribution in [0.5, 0.6) is 5.75 Å². The molecule has 17 heavy (non-hydrogen) atoms. The first kappa shape index (κ1) is 11.9. The molecule has 0 spiro atoms. The number of ether oxygens (including phenoxy) is 1. The number of hydrogen-bond acceptors (Lipinski definition) is 3. The van der Waals surface area contributed by atoms with E-state index in [-0.39, 0.29) is 0 Å². The maximum Gasteiger partial charge on any atom is 0.235 e. The van der Waals surface area contributed by atoms with E-state index in [0.29, 0.717) is 0 Å². The van der Waals surface area contributed by atoms with Gasteiger partial charge in [-0.05, 0) is 25.3 Å². The van der Waals surface area contributed by atoms with Crippen molar-refractivity contribution < 1.29 is 9.53 Å². The van der Waals surface area contributed by atoms with Crippen LogP contribution >= 0.6 is 0 Å². The van der Waals surface area contributed by atoms with Crippen molar-refractivity contribution in [3.8, 4) is 5.75 Å².